The van der Waals surface area contributed by atoms with Gasteiger partial charge < -0.3 is 20.1 Å². The number of ether oxygens (including phenoxy) is 1. The first kappa shape index (κ1) is 27.3. The Morgan fingerprint density at radius 3 is 2.37 bits per heavy atom. The molecule has 0 bridgehead atoms. The molecular formula is C28H36N6O4. The highest BCUT2D eigenvalue weighted by Gasteiger charge is 2.16. The zero-order chi connectivity index (χ0) is 26.7. The minimum absolute atomic E-state index is 0.210. The van der Waals surface area contributed by atoms with Crippen molar-refractivity contribution in [2.75, 3.05) is 63.3 Å². The van der Waals surface area contributed by atoms with Gasteiger partial charge in [-0.05, 0) is 73.4 Å². The van der Waals surface area contributed by atoms with Gasteiger partial charge in [0.15, 0.2) is 0 Å². The molecule has 1 saturated heterocycles. The fourth-order valence-corrected chi connectivity index (χ4v) is 4.34. The van der Waals surface area contributed by atoms with Gasteiger partial charge in [0.1, 0.15) is 5.75 Å². The van der Waals surface area contributed by atoms with Gasteiger partial charge in [0.2, 0.25) is 5.95 Å². The zero-order valence-electron chi connectivity index (χ0n) is 22.0. The lowest BCUT2D eigenvalue weighted by molar-refractivity contribution is 0.0364. The molecule has 1 fully saturated rings. The first-order chi connectivity index (χ1) is 18.6. The number of β-amino-alcohol motifs (C(OH)–C–C–N with tert-alkyl or cyclic N) is 1. The fraction of sp³-hybridized carbons (Fsp3) is 0.393. The largest absolute Gasteiger partial charge is 0.497 e. The predicted octanol–water partition coefficient (Wildman–Crippen LogP) is 2.81. The molecule has 38 heavy (non-hydrogen) atoms. The highest BCUT2D eigenvalue weighted by molar-refractivity contribution is 5.94. The number of rotatable bonds is 12. The molecule has 1 aromatic heterocycles. The Hall–Kier alpha value is -3.73. The molecule has 2 heterocycles. The maximum Gasteiger partial charge on any atom is 0.274 e. The lowest BCUT2D eigenvalue weighted by Gasteiger charge is -2.35. The number of hydrogen-bond donors (Lipinski definition) is 3. The normalized spacial score (nSPS) is 13.8. The topological polar surface area (TPSA) is 112 Å². The number of amides is 1. The number of aliphatic hydroxyl groups is 1. The van der Waals surface area contributed by atoms with Gasteiger partial charge in [-0.1, -0.05) is 0 Å². The van der Waals surface area contributed by atoms with Gasteiger partial charge in [0.05, 0.1) is 20.3 Å². The van der Waals surface area contributed by atoms with Crippen molar-refractivity contribution in [1.82, 2.24) is 20.3 Å². The number of anilines is 3. The first-order valence-electron chi connectivity index (χ1n) is 12.9. The third kappa shape index (κ3) is 7.64. The standard InChI is InChI=1S/C28H36N6O4/c1-3-38-32-27(36)23-16-21(17-26(18-23)37-2)4-5-22-19-29-28(30-20-22)31-24-6-8-25(9-7-24)34-12-10-33(11-13-34)14-15-35/h6-9,16-20,35H,3-5,10-15H2,1-2H3,(H,32,36)(H,29,30,31). The molecule has 1 aliphatic rings. The van der Waals surface area contributed by atoms with Gasteiger partial charge in [-0.15, -0.1) is 0 Å². The van der Waals surface area contributed by atoms with Crippen LogP contribution in [0.15, 0.2) is 54.9 Å². The molecule has 0 atom stereocenters. The van der Waals surface area contributed by atoms with Crippen LogP contribution in [-0.4, -0.2) is 78.9 Å². The van der Waals surface area contributed by atoms with E-state index in [4.69, 9.17) is 14.7 Å². The number of carbonyl (C=O) groups excluding carboxylic acids is 1. The quantitative estimate of drug-likeness (QED) is 0.310. The fourth-order valence-electron chi connectivity index (χ4n) is 4.34. The number of aromatic nitrogens is 2. The predicted molar refractivity (Wildman–Crippen MR) is 147 cm³/mol. The molecule has 2 aromatic carbocycles. The summed E-state index contributed by atoms with van der Waals surface area (Å²) >= 11 is 0. The first-order valence-corrected chi connectivity index (χ1v) is 12.9. The number of methoxy groups -OCH3 is 1. The van der Waals surface area contributed by atoms with Crippen LogP contribution in [0.2, 0.25) is 0 Å². The molecule has 202 valence electrons. The van der Waals surface area contributed by atoms with Crippen molar-refractivity contribution in [3.05, 3.63) is 71.5 Å². The molecule has 0 unspecified atom stereocenters. The van der Waals surface area contributed by atoms with Gasteiger partial charge in [-0.3, -0.25) is 14.5 Å². The zero-order valence-corrected chi connectivity index (χ0v) is 22.0. The maximum atomic E-state index is 12.3. The van der Waals surface area contributed by atoms with E-state index in [0.29, 0.717) is 30.3 Å². The third-order valence-corrected chi connectivity index (χ3v) is 6.46. The van der Waals surface area contributed by atoms with E-state index in [1.165, 1.54) is 5.69 Å². The smallest absolute Gasteiger partial charge is 0.274 e. The minimum atomic E-state index is -0.306. The highest BCUT2D eigenvalue weighted by atomic mass is 16.6. The number of benzene rings is 2. The lowest BCUT2D eigenvalue weighted by atomic mass is 10.0. The van der Waals surface area contributed by atoms with Crippen LogP contribution in [0.3, 0.4) is 0 Å². The highest BCUT2D eigenvalue weighted by Crippen LogP contribution is 2.22. The van der Waals surface area contributed by atoms with Crippen LogP contribution in [-0.2, 0) is 17.7 Å². The summed E-state index contributed by atoms with van der Waals surface area (Å²) in [6.45, 7) is 6.98. The second-order valence-electron chi connectivity index (χ2n) is 9.07. The van der Waals surface area contributed by atoms with Crippen LogP contribution in [0, 0.1) is 0 Å². The number of hydrogen-bond acceptors (Lipinski definition) is 9. The number of hydroxylamine groups is 1. The number of aryl methyl sites for hydroxylation is 2. The summed E-state index contributed by atoms with van der Waals surface area (Å²) in [5.74, 6) is 0.852. The Morgan fingerprint density at radius 1 is 1.00 bits per heavy atom. The van der Waals surface area contributed by atoms with E-state index in [1.807, 2.05) is 36.7 Å². The molecule has 3 aromatic rings. The van der Waals surface area contributed by atoms with Crippen molar-refractivity contribution in [2.45, 2.75) is 19.8 Å². The van der Waals surface area contributed by atoms with E-state index in [9.17, 15) is 4.79 Å². The van der Waals surface area contributed by atoms with Crippen LogP contribution in [0.25, 0.3) is 0 Å². The van der Waals surface area contributed by atoms with Crippen molar-refractivity contribution in [2.24, 2.45) is 0 Å². The Balaban J connectivity index is 1.30. The average Bonchev–Trinajstić information content (AvgIpc) is 2.96. The van der Waals surface area contributed by atoms with E-state index in [-0.39, 0.29) is 12.5 Å². The van der Waals surface area contributed by atoms with Crippen LogP contribution in [0.1, 0.15) is 28.4 Å². The van der Waals surface area contributed by atoms with Gasteiger partial charge in [0, 0.05) is 62.1 Å². The molecule has 3 N–H and O–H groups in total. The number of aliphatic hydroxyl groups excluding tert-OH is 1. The van der Waals surface area contributed by atoms with Crippen molar-refractivity contribution >= 4 is 23.2 Å². The van der Waals surface area contributed by atoms with E-state index >= 15 is 0 Å². The second kappa shape index (κ2) is 13.7. The molecule has 0 saturated carbocycles. The van der Waals surface area contributed by atoms with Crippen molar-refractivity contribution in [3.8, 4) is 5.75 Å². The lowest BCUT2D eigenvalue weighted by Crippen LogP contribution is -2.47. The summed E-state index contributed by atoms with van der Waals surface area (Å²) < 4.78 is 5.36. The molecule has 0 aliphatic carbocycles. The summed E-state index contributed by atoms with van der Waals surface area (Å²) in [6, 6.07) is 13.7. The number of carbonyl (C=O) groups is 1. The Morgan fingerprint density at radius 2 is 1.71 bits per heavy atom. The van der Waals surface area contributed by atoms with E-state index in [0.717, 1.165) is 56.0 Å². The summed E-state index contributed by atoms with van der Waals surface area (Å²) in [4.78, 5) is 30.9. The van der Waals surface area contributed by atoms with Crippen LogP contribution in [0.4, 0.5) is 17.3 Å². The van der Waals surface area contributed by atoms with Crippen LogP contribution >= 0.6 is 0 Å². The van der Waals surface area contributed by atoms with Gasteiger partial charge >= 0.3 is 0 Å². The molecular weight excluding hydrogens is 484 g/mol. The Labute approximate surface area is 223 Å². The third-order valence-electron chi connectivity index (χ3n) is 6.46. The maximum absolute atomic E-state index is 12.3. The minimum Gasteiger partial charge on any atom is -0.497 e. The van der Waals surface area contributed by atoms with E-state index in [1.54, 1.807) is 20.1 Å². The number of piperazine rings is 1. The van der Waals surface area contributed by atoms with Gasteiger partial charge in [0.25, 0.3) is 5.91 Å². The summed E-state index contributed by atoms with van der Waals surface area (Å²) in [5, 5.41) is 12.4. The molecule has 0 radical (unpaired) electrons. The van der Waals surface area contributed by atoms with Crippen LogP contribution < -0.4 is 20.4 Å². The molecule has 10 nitrogen and oxygen atoms in total. The summed E-state index contributed by atoms with van der Waals surface area (Å²) in [6.07, 6.45) is 5.06. The Bertz CT molecular complexity index is 1160. The summed E-state index contributed by atoms with van der Waals surface area (Å²) in [5.41, 5.74) is 6.99. The van der Waals surface area contributed by atoms with Gasteiger partial charge in [-0.25, -0.2) is 15.4 Å². The molecule has 0 spiro atoms. The number of nitrogens with zero attached hydrogens (tertiary/aromatic N) is 4. The Kier molecular flexibility index (Phi) is 9.85. The van der Waals surface area contributed by atoms with Crippen molar-refractivity contribution in [3.63, 3.8) is 0 Å². The van der Waals surface area contributed by atoms with E-state index < -0.39 is 0 Å². The number of nitrogens with one attached hydrogen (secondary N) is 2. The second-order valence-corrected chi connectivity index (χ2v) is 9.07. The molecule has 1 aliphatic heterocycles. The molecule has 10 heteroatoms. The van der Waals surface area contributed by atoms with E-state index in [2.05, 4.69) is 42.7 Å². The monoisotopic (exact) mass is 520 g/mol. The average molecular weight is 521 g/mol. The summed E-state index contributed by atoms with van der Waals surface area (Å²) in [7, 11) is 1.58. The molecule has 1 amide bonds. The molecule has 4 rings (SSSR count). The SMILES string of the molecule is CCONC(=O)c1cc(CCc2cnc(Nc3ccc(N4CCN(CCO)CC4)cc3)nc2)cc(OC)c1. The van der Waals surface area contributed by atoms with Crippen molar-refractivity contribution < 1.29 is 19.5 Å². The van der Waals surface area contributed by atoms with Crippen LogP contribution in [0.5, 0.6) is 5.75 Å². The van der Waals surface area contributed by atoms with Crippen molar-refractivity contribution in [1.29, 1.82) is 0 Å². The van der Waals surface area contributed by atoms with Gasteiger partial charge in [-0.2, -0.15) is 0 Å².